The normalized spacial score (nSPS) is 12.0. The molecule has 0 spiro atoms. The minimum Gasteiger partial charge on any atom is -0.310 e. The molecule has 2 heterocycles. The maximum Gasteiger partial charge on any atom is 0.258 e. The van der Waals surface area contributed by atoms with Gasteiger partial charge in [-0.05, 0) is 6.07 Å². The van der Waals surface area contributed by atoms with Crippen LogP contribution in [0, 0.1) is 0 Å². The smallest absolute Gasteiger partial charge is 0.258 e. The van der Waals surface area contributed by atoms with Gasteiger partial charge in [0.25, 0.3) is 5.56 Å². The van der Waals surface area contributed by atoms with E-state index in [1.807, 2.05) is 20.8 Å². The van der Waals surface area contributed by atoms with Gasteiger partial charge in [0, 0.05) is 5.41 Å². The maximum atomic E-state index is 11.8. The molecule has 0 saturated heterocycles. The molecule has 0 fully saturated rings. The number of aromatic amines is 1. The van der Waals surface area contributed by atoms with Gasteiger partial charge in [-0.15, -0.1) is 0 Å². The first kappa shape index (κ1) is 11.1. The van der Waals surface area contributed by atoms with E-state index in [9.17, 15) is 4.79 Å². The topological polar surface area (TPSA) is 58.6 Å². The number of fused-ring (bicyclic) bond motifs is 1. The van der Waals surface area contributed by atoms with E-state index >= 15 is 0 Å². The lowest BCUT2D eigenvalue weighted by Crippen LogP contribution is -2.22. The van der Waals surface area contributed by atoms with Gasteiger partial charge >= 0.3 is 0 Å². The standard InChI is InChI=1S/C11H12ClN3O/c1-11(2,3)10-14-7-5-13-8(12)4-6(7)9(16)15-10/h4-5H,1-3H3,(H,14,15,16). The minimum atomic E-state index is -0.201. The first-order valence-corrected chi connectivity index (χ1v) is 5.32. The summed E-state index contributed by atoms with van der Waals surface area (Å²) >= 11 is 5.73. The molecule has 84 valence electrons. The third kappa shape index (κ3) is 1.93. The van der Waals surface area contributed by atoms with Crippen LogP contribution >= 0.6 is 11.6 Å². The van der Waals surface area contributed by atoms with E-state index in [1.54, 1.807) is 0 Å². The van der Waals surface area contributed by atoms with Crippen LogP contribution in [0.3, 0.4) is 0 Å². The fourth-order valence-electron chi connectivity index (χ4n) is 1.37. The average molecular weight is 238 g/mol. The molecule has 5 heteroatoms. The Bertz CT molecular complexity index is 598. The molecule has 0 aliphatic heterocycles. The van der Waals surface area contributed by atoms with Gasteiger partial charge in [-0.2, -0.15) is 0 Å². The molecule has 4 nitrogen and oxygen atoms in total. The molecule has 0 aliphatic rings. The number of aromatic nitrogens is 3. The highest BCUT2D eigenvalue weighted by Gasteiger charge is 2.18. The summed E-state index contributed by atoms with van der Waals surface area (Å²) in [7, 11) is 0. The van der Waals surface area contributed by atoms with Crippen molar-refractivity contribution in [3.05, 3.63) is 33.6 Å². The summed E-state index contributed by atoms with van der Waals surface area (Å²) in [5, 5.41) is 0.760. The molecular formula is C11H12ClN3O. The summed E-state index contributed by atoms with van der Waals surface area (Å²) in [6.45, 7) is 5.96. The lowest BCUT2D eigenvalue weighted by Gasteiger charge is -2.17. The summed E-state index contributed by atoms with van der Waals surface area (Å²) in [6.07, 6.45) is 1.52. The molecule has 0 amide bonds. The van der Waals surface area contributed by atoms with E-state index in [0.29, 0.717) is 21.9 Å². The first-order valence-electron chi connectivity index (χ1n) is 4.94. The van der Waals surface area contributed by atoms with Crippen molar-refractivity contribution < 1.29 is 0 Å². The zero-order valence-electron chi connectivity index (χ0n) is 9.34. The number of H-pyrrole nitrogens is 1. The van der Waals surface area contributed by atoms with Crippen LogP contribution < -0.4 is 5.56 Å². The molecule has 2 aromatic heterocycles. The Morgan fingerprint density at radius 2 is 2.06 bits per heavy atom. The van der Waals surface area contributed by atoms with Gasteiger partial charge in [0.05, 0.1) is 17.1 Å². The predicted molar refractivity (Wildman–Crippen MR) is 63.9 cm³/mol. The van der Waals surface area contributed by atoms with Crippen LogP contribution in [0.4, 0.5) is 0 Å². The quantitative estimate of drug-likeness (QED) is 0.715. The Hall–Kier alpha value is -1.42. The summed E-state index contributed by atoms with van der Waals surface area (Å²) in [4.78, 5) is 22.9. The van der Waals surface area contributed by atoms with E-state index < -0.39 is 0 Å². The Morgan fingerprint density at radius 3 is 2.69 bits per heavy atom. The van der Waals surface area contributed by atoms with Gasteiger partial charge in [0.1, 0.15) is 11.0 Å². The Balaban J connectivity index is 2.79. The molecule has 1 N–H and O–H groups in total. The fraction of sp³-hybridized carbons (Fsp3) is 0.364. The second-order valence-electron chi connectivity index (χ2n) is 4.69. The van der Waals surface area contributed by atoms with Gasteiger partial charge in [0.15, 0.2) is 0 Å². The van der Waals surface area contributed by atoms with E-state index in [2.05, 4.69) is 15.0 Å². The highest BCUT2D eigenvalue weighted by Crippen LogP contribution is 2.19. The van der Waals surface area contributed by atoms with Crippen LogP contribution in [0.2, 0.25) is 5.15 Å². The van der Waals surface area contributed by atoms with Crippen LogP contribution in [0.25, 0.3) is 10.9 Å². The van der Waals surface area contributed by atoms with E-state index in [-0.39, 0.29) is 11.0 Å². The van der Waals surface area contributed by atoms with Crippen molar-refractivity contribution in [3.63, 3.8) is 0 Å². The molecule has 0 unspecified atom stereocenters. The predicted octanol–water partition coefficient (Wildman–Crippen LogP) is 2.27. The SMILES string of the molecule is CC(C)(C)c1nc2cnc(Cl)cc2c(=O)[nH]1. The monoisotopic (exact) mass is 237 g/mol. The van der Waals surface area contributed by atoms with Gasteiger partial charge in [-0.3, -0.25) is 4.79 Å². The number of halogens is 1. The fourth-order valence-corrected chi connectivity index (χ4v) is 1.53. The zero-order valence-corrected chi connectivity index (χ0v) is 10.1. The third-order valence-corrected chi connectivity index (χ3v) is 2.48. The summed E-state index contributed by atoms with van der Waals surface area (Å²) in [6, 6.07) is 1.52. The highest BCUT2D eigenvalue weighted by atomic mass is 35.5. The van der Waals surface area contributed by atoms with Crippen LogP contribution in [0.5, 0.6) is 0 Å². The van der Waals surface area contributed by atoms with Gasteiger partial charge in [0.2, 0.25) is 0 Å². The lowest BCUT2D eigenvalue weighted by molar-refractivity contribution is 0.546. The van der Waals surface area contributed by atoms with Crippen LogP contribution in [0.1, 0.15) is 26.6 Å². The second-order valence-corrected chi connectivity index (χ2v) is 5.08. The number of nitrogens with one attached hydrogen (secondary N) is 1. The van der Waals surface area contributed by atoms with Crippen molar-refractivity contribution in [1.82, 2.24) is 15.0 Å². The summed E-state index contributed by atoms with van der Waals surface area (Å²) in [5.41, 5.74) is 0.185. The van der Waals surface area contributed by atoms with E-state index in [1.165, 1.54) is 12.3 Å². The van der Waals surface area contributed by atoms with Crippen molar-refractivity contribution in [2.45, 2.75) is 26.2 Å². The number of pyridine rings is 1. The van der Waals surface area contributed by atoms with Crippen LogP contribution in [0.15, 0.2) is 17.1 Å². The lowest BCUT2D eigenvalue weighted by atomic mass is 9.95. The van der Waals surface area contributed by atoms with Crippen molar-refractivity contribution in [2.75, 3.05) is 0 Å². The number of hydrogen-bond acceptors (Lipinski definition) is 3. The molecule has 0 bridgehead atoms. The molecule has 0 aliphatic carbocycles. The molecule has 2 aromatic rings. The van der Waals surface area contributed by atoms with Gasteiger partial charge in [-0.25, -0.2) is 9.97 Å². The summed E-state index contributed by atoms with van der Waals surface area (Å²) in [5.74, 6) is 0.647. The number of nitrogens with zero attached hydrogens (tertiary/aromatic N) is 2. The van der Waals surface area contributed by atoms with Gasteiger partial charge in [-0.1, -0.05) is 32.4 Å². The second kappa shape index (κ2) is 3.56. The van der Waals surface area contributed by atoms with Crippen molar-refractivity contribution in [2.24, 2.45) is 0 Å². The Morgan fingerprint density at radius 1 is 1.38 bits per heavy atom. The van der Waals surface area contributed by atoms with Crippen molar-refractivity contribution in [1.29, 1.82) is 0 Å². The molecule has 16 heavy (non-hydrogen) atoms. The third-order valence-electron chi connectivity index (χ3n) is 2.27. The maximum absolute atomic E-state index is 11.8. The average Bonchev–Trinajstić information content (AvgIpc) is 2.17. The van der Waals surface area contributed by atoms with Crippen LogP contribution in [-0.2, 0) is 5.41 Å². The highest BCUT2D eigenvalue weighted by molar-refractivity contribution is 6.30. The van der Waals surface area contributed by atoms with E-state index in [0.717, 1.165) is 0 Å². The first-order chi connectivity index (χ1) is 7.38. The van der Waals surface area contributed by atoms with Gasteiger partial charge < -0.3 is 4.98 Å². The molecule has 2 rings (SSSR count). The largest absolute Gasteiger partial charge is 0.310 e. The Labute approximate surface area is 97.7 Å². The van der Waals surface area contributed by atoms with Crippen molar-refractivity contribution >= 4 is 22.5 Å². The molecule has 0 aromatic carbocycles. The minimum absolute atomic E-state index is 0.181. The van der Waals surface area contributed by atoms with Crippen molar-refractivity contribution in [3.8, 4) is 0 Å². The molecule has 0 radical (unpaired) electrons. The Kier molecular flexibility index (Phi) is 2.46. The molecule has 0 saturated carbocycles. The summed E-state index contributed by atoms with van der Waals surface area (Å²) < 4.78 is 0. The van der Waals surface area contributed by atoms with Crippen LogP contribution in [-0.4, -0.2) is 15.0 Å². The van der Waals surface area contributed by atoms with E-state index in [4.69, 9.17) is 11.6 Å². The molecule has 0 atom stereocenters. The molecular weight excluding hydrogens is 226 g/mol. The number of rotatable bonds is 0. The zero-order chi connectivity index (χ0) is 11.9. The number of hydrogen-bond donors (Lipinski definition) is 1.